The summed E-state index contributed by atoms with van der Waals surface area (Å²) in [6.45, 7) is 2.29. The Balaban J connectivity index is 1.92. The van der Waals surface area contributed by atoms with Crippen molar-refractivity contribution in [3.63, 3.8) is 0 Å². The zero-order valence-electron chi connectivity index (χ0n) is 7.72. The Morgan fingerprint density at radius 2 is 2.38 bits per heavy atom. The summed E-state index contributed by atoms with van der Waals surface area (Å²) in [7, 11) is 0. The molecule has 1 aliphatic carbocycles. The van der Waals surface area contributed by atoms with Gasteiger partial charge in [-0.05, 0) is 31.7 Å². The number of hydrogen-bond acceptors (Lipinski definition) is 3. The van der Waals surface area contributed by atoms with Crippen molar-refractivity contribution >= 4 is 5.82 Å². The lowest BCUT2D eigenvalue weighted by molar-refractivity contribution is 0.640. The van der Waals surface area contributed by atoms with Gasteiger partial charge in [0.05, 0.1) is 0 Å². The highest BCUT2D eigenvalue weighted by Gasteiger charge is 2.50. The van der Waals surface area contributed by atoms with Crippen molar-refractivity contribution in [2.24, 2.45) is 5.92 Å². The smallest absolute Gasteiger partial charge is 0.132 e. The number of fused-ring (bicyclic) bond motifs is 1. The lowest BCUT2D eigenvalue weighted by atomic mass is 10.2. The van der Waals surface area contributed by atoms with Crippen LogP contribution in [0.2, 0.25) is 0 Å². The van der Waals surface area contributed by atoms with E-state index in [0.717, 1.165) is 17.8 Å². The summed E-state index contributed by atoms with van der Waals surface area (Å²) < 4.78 is 0. The van der Waals surface area contributed by atoms with Gasteiger partial charge in [-0.2, -0.15) is 0 Å². The van der Waals surface area contributed by atoms with E-state index in [1.54, 1.807) is 6.33 Å². The third-order valence-corrected chi connectivity index (χ3v) is 3.19. The van der Waals surface area contributed by atoms with Crippen LogP contribution in [0.15, 0.2) is 18.6 Å². The van der Waals surface area contributed by atoms with Crippen LogP contribution >= 0.6 is 0 Å². The van der Waals surface area contributed by atoms with Crippen molar-refractivity contribution in [3.8, 4) is 0 Å². The summed E-state index contributed by atoms with van der Waals surface area (Å²) in [5.41, 5.74) is 0. The van der Waals surface area contributed by atoms with Crippen LogP contribution in [0, 0.1) is 5.92 Å². The number of nitrogens with zero attached hydrogens (tertiary/aromatic N) is 3. The van der Waals surface area contributed by atoms with E-state index >= 15 is 0 Å². The van der Waals surface area contributed by atoms with Crippen molar-refractivity contribution in [2.75, 3.05) is 4.90 Å². The highest BCUT2D eigenvalue weighted by molar-refractivity contribution is 5.44. The van der Waals surface area contributed by atoms with Gasteiger partial charge in [-0.25, -0.2) is 9.97 Å². The molecular weight excluding hydrogens is 162 g/mol. The average Bonchev–Trinajstić information content (AvgIpc) is 2.80. The standard InChI is InChI=1S/C10H13N3/c1-7-4-8-5-9(8)13(7)10-2-3-11-6-12-10/h2-3,6-9H,4-5H2,1H3. The molecule has 1 aromatic rings. The van der Waals surface area contributed by atoms with E-state index in [0.29, 0.717) is 6.04 Å². The number of rotatable bonds is 1. The van der Waals surface area contributed by atoms with E-state index < -0.39 is 0 Å². The molecule has 1 aliphatic heterocycles. The molecule has 0 aromatic carbocycles. The van der Waals surface area contributed by atoms with Gasteiger partial charge in [0.15, 0.2) is 0 Å². The Hall–Kier alpha value is -1.12. The van der Waals surface area contributed by atoms with Gasteiger partial charge in [-0.15, -0.1) is 0 Å². The lowest BCUT2D eigenvalue weighted by Crippen LogP contribution is -2.31. The Labute approximate surface area is 77.8 Å². The second-order valence-electron chi connectivity index (χ2n) is 4.12. The molecule has 3 nitrogen and oxygen atoms in total. The van der Waals surface area contributed by atoms with Crippen LogP contribution in [-0.4, -0.2) is 22.1 Å². The van der Waals surface area contributed by atoms with Crippen molar-refractivity contribution in [2.45, 2.75) is 31.8 Å². The van der Waals surface area contributed by atoms with E-state index in [9.17, 15) is 0 Å². The molecule has 0 N–H and O–H groups in total. The first kappa shape index (κ1) is 7.30. The average molecular weight is 175 g/mol. The molecule has 68 valence electrons. The Morgan fingerprint density at radius 1 is 1.46 bits per heavy atom. The first-order chi connectivity index (χ1) is 6.36. The second kappa shape index (κ2) is 2.44. The Kier molecular flexibility index (Phi) is 1.37. The van der Waals surface area contributed by atoms with Gasteiger partial charge in [0, 0.05) is 18.3 Å². The highest BCUT2D eigenvalue weighted by Crippen LogP contribution is 2.48. The maximum absolute atomic E-state index is 4.30. The maximum Gasteiger partial charge on any atom is 0.132 e. The summed E-state index contributed by atoms with van der Waals surface area (Å²) in [4.78, 5) is 10.7. The number of hydrogen-bond donors (Lipinski definition) is 0. The van der Waals surface area contributed by atoms with Gasteiger partial charge in [0.1, 0.15) is 12.1 Å². The zero-order valence-corrected chi connectivity index (χ0v) is 7.72. The van der Waals surface area contributed by atoms with Crippen molar-refractivity contribution < 1.29 is 0 Å². The molecule has 0 amide bonds. The minimum Gasteiger partial charge on any atom is -0.351 e. The van der Waals surface area contributed by atoms with Crippen molar-refractivity contribution in [1.29, 1.82) is 0 Å². The van der Waals surface area contributed by atoms with Crippen LogP contribution in [0.4, 0.5) is 5.82 Å². The molecule has 1 aromatic heterocycles. The molecule has 3 unspecified atom stereocenters. The van der Waals surface area contributed by atoms with Crippen LogP contribution in [0.3, 0.4) is 0 Å². The number of anilines is 1. The molecular formula is C10H13N3. The zero-order chi connectivity index (χ0) is 8.84. The molecule has 0 bridgehead atoms. The van der Waals surface area contributed by atoms with Gasteiger partial charge < -0.3 is 4.90 Å². The van der Waals surface area contributed by atoms with E-state index in [1.807, 2.05) is 12.3 Å². The summed E-state index contributed by atoms with van der Waals surface area (Å²) in [5.74, 6) is 2.05. The fourth-order valence-electron chi connectivity index (χ4n) is 2.54. The van der Waals surface area contributed by atoms with Crippen molar-refractivity contribution in [3.05, 3.63) is 18.6 Å². The van der Waals surface area contributed by atoms with Gasteiger partial charge in [-0.1, -0.05) is 0 Å². The first-order valence-electron chi connectivity index (χ1n) is 4.90. The largest absolute Gasteiger partial charge is 0.351 e. The monoisotopic (exact) mass is 175 g/mol. The maximum atomic E-state index is 4.30. The molecule has 2 heterocycles. The predicted octanol–water partition coefficient (Wildman–Crippen LogP) is 1.46. The van der Waals surface area contributed by atoms with E-state index in [2.05, 4.69) is 21.8 Å². The van der Waals surface area contributed by atoms with Crippen molar-refractivity contribution in [1.82, 2.24) is 9.97 Å². The fourth-order valence-corrected chi connectivity index (χ4v) is 2.54. The summed E-state index contributed by atoms with van der Waals surface area (Å²) in [5, 5.41) is 0. The molecule has 13 heavy (non-hydrogen) atoms. The van der Waals surface area contributed by atoms with E-state index in [-0.39, 0.29) is 0 Å². The summed E-state index contributed by atoms with van der Waals surface area (Å²) >= 11 is 0. The summed E-state index contributed by atoms with van der Waals surface area (Å²) in [6, 6.07) is 3.46. The van der Waals surface area contributed by atoms with E-state index in [1.165, 1.54) is 12.8 Å². The number of piperidine rings is 1. The van der Waals surface area contributed by atoms with Crippen LogP contribution in [0.25, 0.3) is 0 Å². The summed E-state index contributed by atoms with van der Waals surface area (Å²) in [6.07, 6.45) is 6.17. The predicted molar refractivity (Wildman–Crippen MR) is 50.5 cm³/mol. The molecule has 2 aliphatic rings. The van der Waals surface area contributed by atoms with Gasteiger partial charge in [-0.3, -0.25) is 0 Å². The molecule has 3 atom stereocenters. The molecule has 3 heteroatoms. The third kappa shape index (κ3) is 1.03. The topological polar surface area (TPSA) is 29.0 Å². The van der Waals surface area contributed by atoms with E-state index in [4.69, 9.17) is 0 Å². The van der Waals surface area contributed by atoms with Crippen LogP contribution in [0.5, 0.6) is 0 Å². The molecule has 0 spiro atoms. The minimum atomic E-state index is 0.665. The van der Waals surface area contributed by atoms with Crippen LogP contribution < -0.4 is 4.90 Å². The number of aromatic nitrogens is 2. The lowest BCUT2D eigenvalue weighted by Gasteiger charge is -2.25. The Morgan fingerprint density at radius 3 is 3.00 bits per heavy atom. The molecule has 3 rings (SSSR count). The molecule has 0 radical (unpaired) electrons. The van der Waals surface area contributed by atoms with Crippen LogP contribution in [-0.2, 0) is 0 Å². The van der Waals surface area contributed by atoms with Crippen LogP contribution in [0.1, 0.15) is 19.8 Å². The normalized spacial score (nSPS) is 36.1. The molecule has 1 saturated carbocycles. The third-order valence-electron chi connectivity index (χ3n) is 3.19. The van der Waals surface area contributed by atoms with Gasteiger partial charge in [0.2, 0.25) is 0 Å². The Bertz CT molecular complexity index is 309. The molecule has 1 saturated heterocycles. The second-order valence-corrected chi connectivity index (χ2v) is 4.12. The first-order valence-corrected chi connectivity index (χ1v) is 4.90. The minimum absolute atomic E-state index is 0.665. The fraction of sp³-hybridized carbons (Fsp3) is 0.600. The highest BCUT2D eigenvalue weighted by atomic mass is 15.3. The molecule has 2 fully saturated rings. The quantitative estimate of drug-likeness (QED) is 0.647. The van der Waals surface area contributed by atoms with Gasteiger partial charge in [0.25, 0.3) is 0 Å². The SMILES string of the molecule is CC1CC2CC2N1c1ccncn1. The van der Waals surface area contributed by atoms with Gasteiger partial charge >= 0.3 is 0 Å².